The molecule has 0 fully saturated rings. The molecule has 0 bridgehead atoms. The number of hydrogen-bond acceptors (Lipinski definition) is 5. The molecule has 4 rings (SSSR count). The first-order chi connectivity index (χ1) is 15.6. The molecule has 0 saturated carbocycles. The van der Waals surface area contributed by atoms with Crippen LogP contribution in [0.15, 0.2) is 48.7 Å². The molecule has 4 aromatic rings. The van der Waals surface area contributed by atoms with E-state index >= 15 is 0 Å². The quantitative estimate of drug-likeness (QED) is 0.435. The van der Waals surface area contributed by atoms with Gasteiger partial charge in [0.1, 0.15) is 21.4 Å². The molecule has 7 nitrogen and oxygen atoms in total. The maximum absolute atomic E-state index is 13.6. The van der Waals surface area contributed by atoms with Gasteiger partial charge in [-0.25, -0.2) is 4.98 Å². The number of benzene rings is 1. The summed E-state index contributed by atoms with van der Waals surface area (Å²) < 4.78 is 42.2. The van der Waals surface area contributed by atoms with E-state index in [1.807, 2.05) is 0 Å². The zero-order valence-electron chi connectivity index (χ0n) is 17.5. The van der Waals surface area contributed by atoms with Crippen molar-refractivity contribution in [2.24, 2.45) is 5.73 Å². The summed E-state index contributed by atoms with van der Waals surface area (Å²) in [4.78, 5) is 28.8. The minimum absolute atomic E-state index is 0.0317. The second-order valence-corrected chi connectivity index (χ2v) is 8.35. The highest BCUT2D eigenvalue weighted by Crippen LogP contribution is 2.43. The minimum Gasteiger partial charge on any atom is -0.365 e. The van der Waals surface area contributed by atoms with E-state index in [4.69, 9.17) is 5.73 Å². The molecule has 0 radical (unpaired) electrons. The van der Waals surface area contributed by atoms with Gasteiger partial charge in [0, 0.05) is 17.3 Å². The third-order valence-electron chi connectivity index (χ3n) is 5.12. The smallest absolute Gasteiger partial charge is 0.365 e. The predicted molar refractivity (Wildman–Crippen MR) is 119 cm³/mol. The van der Waals surface area contributed by atoms with Gasteiger partial charge in [0.25, 0.3) is 5.91 Å². The minimum atomic E-state index is -4.70. The lowest BCUT2D eigenvalue weighted by Crippen LogP contribution is -2.26. The number of pyridine rings is 1. The number of primary amides is 1. The molecule has 1 aromatic carbocycles. The maximum atomic E-state index is 13.6. The summed E-state index contributed by atoms with van der Waals surface area (Å²) in [6.45, 7) is 3.40. The van der Waals surface area contributed by atoms with Crippen molar-refractivity contribution in [2.45, 2.75) is 26.1 Å². The van der Waals surface area contributed by atoms with E-state index in [1.165, 1.54) is 4.68 Å². The molecule has 0 aliphatic rings. The molecule has 3 N–H and O–H groups in total. The molecule has 33 heavy (non-hydrogen) atoms. The largest absolute Gasteiger partial charge is 0.433 e. The number of halogens is 3. The predicted octanol–water partition coefficient (Wildman–Crippen LogP) is 4.79. The van der Waals surface area contributed by atoms with E-state index in [0.29, 0.717) is 16.9 Å². The van der Waals surface area contributed by atoms with E-state index < -0.39 is 29.7 Å². The van der Waals surface area contributed by atoms with Gasteiger partial charge in [0.15, 0.2) is 0 Å². The molecular weight excluding hydrogens is 455 g/mol. The number of fused-ring (bicyclic) bond motifs is 1. The van der Waals surface area contributed by atoms with Gasteiger partial charge in [-0.2, -0.15) is 18.3 Å². The first-order valence-corrected chi connectivity index (χ1v) is 10.6. The van der Waals surface area contributed by atoms with Gasteiger partial charge in [-0.3, -0.25) is 14.3 Å². The second kappa shape index (κ2) is 8.32. The van der Waals surface area contributed by atoms with Crippen molar-refractivity contribution in [1.29, 1.82) is 0 Å². The van der Waals surface area contributed by atoms with E-state index in [2.05, 4.69) is 15.4 Å². The fraction of sp³-hybridized carbons (Fsp3) is 0.182. The Balaban J connectivity index is 1.93. The highest BCUT2D eigenvalue weighted by Gasteiger charge is 2.35. The number of nitrogens with one attached hydrogen (secondary N) is 1. The normalized spacial score (nSPS) is 12.6. The summed E-state index contributed by atoms with van der Waals surface area (Å²) in [5, 5.41) is 7.02. The highest BCUT2D eigenvalue weighted by molar-refractivity contribution is 7.21. The van der Waals surface area contributed by atoms with E-state index in [9.17, 15) is 22.8 Å². The summed E-state index contributed by atoms with van der Waals surface area (Å²) in [6, 6.07) is 10.2. The van der Waals surface area contributed by atoms with Crippen LogP contribution < -0.4 is 11.1 Å². The van der Waals surface area contributed by atoms with Gasteiger partial charge in [0.05, 0.1) is 5.69 Å². The molecule has 0 saturated heterocycles. The zero-order valence-corrected chi connectivity index (χ0v) is 18.3. The molecule has 3 heterocycles. The van der Waals surface area contributed by atoms with Crippen molar-refractivity contribution in [3.63, 3.8) is 0 Å². The van der Waals surface area contributed by atoms with Crippen LogP contribution in [0.4, 0.5) is 18.9 Å². The Kier molecular flexibility index (Phi) is 5.66. The maximum Gasteiger partial charge on any atom is 0.433 e. The Bertz CT molecular complexity index is 1360. The number of aromatic nitrogens is 3. The number of alkyl halides is 3. The van der Waals surface area contributed by atoms with Gasteiger partial charge in [-0.15, -0.1) is 11.3 Å². The van der Waals surface area contributed by atoms with Gasteiger partial charge in [-0.05, 0) is 37.1 Å². The number of carbonyl (C=O) groups is 2. The van der Waals surface area contributed by atoms with Crippen molar-refractivity contribution in [1.82, 2.24) is 14.8 Å². The third kappa shape index (κ3) is 4.19. The number of rotatable bonds is 5. The monoisotopic (exact) mass is 473 g/mol. The van der Waals surface area contributed by atoms with E-state index in [-0.39, 0.29) is 26.3 Å². The number of aryl methyl sites for hydroxylation is 1. The molecule has 170 valence electrons. The number of carbonyl (C=O) groups excluding carboxylic acids is 2. The Morgan fingerprint density at radius 3 is 2.45 bits per heavy atom. The fourth-order valence-corrected chi connectivity index (χ4v) is 4.51. The lowest BCUT2D eigenvalue weighted by Gasteiger charge is -2.16. The molecule has 0 spiro atoms. The van der Waals surface area contributed by atoms with Gasteiger partial charge in [0.2, 0.25) is 5.91 Å². The fourth-order valence-electron chi connectivity index (χ4n) is 3.51. The Morgan fingerprint density at radius 2 is 1.88 bits per heavy atom. The van der Waals surface area contributed by atoms with E-state index in [0.717, 1.165) is 11.8 Å². The van der Waals surface area contributed by atoms with Crippen molar-refractivity contribution >= 4 is 39.1 Å². The van der Waals surface area contributed by atoms with Gasteiger partial charge in [-0.1, -0.05) is 30.3 Å². The lowest BCUT2D eigenvalue weighted by molar-refractivity contribution is -0.140. The standard InChI is InChI=1S/C22H18F3N5O2S/c1-11-8-9-27-30(11)12(2)20(32)29-17-16-14(13-6-4-3-5-7-13)10-15(22(23,24)25)28-21(16)33-18(17)19(26)31/h3-10,12H,1-2H3,(H2,26,31)(H,29,32). The topological polar surface area (TPSA) is 103 Å². The summed E-state index contributed by atoms with van der Waals surface area (Å²) in [5.74, 6) is -1.40. The van der Waals surface area contributed by atoms with Crippen LogP contribution >= 0.6 is 11.3 Å². The number of nitrogens with zero attached hydrogens (tertiary/aromatic N) is 3. The van der Waals surface area contributed by atoms with Crippen molar-refractivity contribution in [2.75, 3.05) is 5.32 Å². The third-order valence-corrected chi connectivity index (χ3v) is 6.22. The number of anilines is 1. The number of nitrogens with two attached hydrogens (primary N) is 1. The van der Waals surface area contributed by atoms with Crippen molar-refractivity contribution in [3.05, 3.63) is 64.9 Å². The average Bonchev–Trinajstić information content (AvgIpc) is 3.36. The Hall–Kier alpha value is -3.73. The van der Waals surface area contributed by atoms with Crippen LogP contribution in [0.25, 0.3) is 21.3 Å². The summed E-state index contributed by atoms with van der Waals surface area (Å²) >= 11 is 0.703. The zero-order chi connectivity index (χ0) is 23.9. The number of thiophene rings is 1. The first kappa shape index (κ1) is 22.5. The number of amides is 2. The molecule has 3 aromatic heterocycles. The Labute approximate surface area is 190 Å². The van der Waals surface area contributed by atoms with Gasteiger partial charge < -0.3 is 11.1 Å². The van der Waals surface area contributed by atoms with Crippen LogP contribution in [0.1, 0.15) is 34.0 Å². The van der Waals surface area contributed by atoms with Crippen LogP contribution in [0.2, 0.25) is 0 Å². The molecular formula is C22H18F3N5O2S. The summed E-state index contributed by atoms with van der Waals surface area (Å²) in [7, 11) is 0. The molecule has 1 unspecified atom stereocenters. The van der Waals surface area contributed by atoms with Crippen LogP contribution in [0, 0.1) is 6.92 Å². The second-order valence-electron chi connectivity index (χ2n) is 7.35. The van der Waals surface area contributed by atoms with Crippen molar-refractivity contribution < 1.29 is 22.8 Å². The highest BCUT2D eigenvalue weighted by atomic mass is 32.1. The molecule has 0 aliphatic heterocycles. The summed E-state index contributed by atoms with van der Waals surface area (Å²) in [5.41, 5.74) is 5.82. The molecule has 1 atom stereocenters. The van der Waals surface area contributed by atoms with Crippen LogP contribution in [0.3, 0.4) is 0 Å². The lowest BCUT2D eigenvalue weighted by atomic mass is 10.0. The summed E-state index contributed by atoms with van der Waals surface area (Å²) in [6.07, 6.45) is -3.16. The van der Waals surface area contributed by atoms with Gasteiger partial charge >= 0.3 is 6.18 Å². The molecule has 11 heteroatoms. The van der Waals surface area contributed by atoms with Crippen LogP contribution in [-0.2, 0) is 11.0 Å². The molecule has 2 amide bonds. The molecule has 0 aliphatic carbocycles. The number of hydrogen-bond donors (Lipinski definition) is 2. The van der Waals surface area contributed by atoms with Crippen LogP contribution in [-0.4, -0.2) is 26.6 Å². The van der Waals surface area contributed by atoms with Crippen LogP contribution in [0.5, 0.6) is 0 Å². The first-order valence-electron chi connectivity index (χ1n) is 9.79. The van der Waals surface area contributed by atoms with Crippen molar-refractivity contribution in [3.8, 4) is 11.1 Å². The Morgan fingerprint density at radius 1 is 1.18 bits per heavy atom. The average molecular weight is 473 g/mol. The van der Waals surface area contributed by atoms with E-state index in [1.54, 1.807) is 56.4 Å². The SMILES string of the molecule is Cc1ccnn1C(C)C(=O)Nc1c(C(N)=O)sc2nc(C(F)(F)F)cc(-c3ccccc3)c12.